The van der Waals surface area contributed by atoms with Crippen molar-refractivity contribution < 1.29 is 4.79 Å². The number of aromatic nitrogens is 2. The maximum atomic E-state index is 12.4. The number of aryl methyl sites for hydroxylation is 4. The fraction of sp³-hybridized carbons (Fsp3) is 0.190. The molecule has 0 unspecified atom stereocenters. The first-order valence-electron chi connectivity index (χ1n) is 8.47. The third-order valence-electron chi connectivity index (χ3n) is 4.17. The number of nitrogens with zero attached hydrogens (tertiary/aromatic N) is 2. The summed E-state index contributed by atoms with van der Waals surface area (Å²) in [4.78, 5) is 20.9. The Morgan fingerprint density at radius 2 is 1.35 bits per heavy atom. The van der Waals surface area contributed by atoms with Gasteiger partial charge in [-0.2, -0.15) is 0 Å². The molecule has 0 fully saturated rings. The molecule has 0 aliphatic carbocycles. The zero-order valence-corrected chi connectivity index (χ0v) is 15.4. The molecule has 26 heavy (non-hydrogen) atoms. The molecule has 3 rings (SSSR count). The lowest BCUT2D eigenvalue weighted by atomic mass is 10.1. The Hall–Kier alpha value is -3.21. The van der Waals surface area contributed by atoms with Gasteiger partial charge in [-0.05, 0) is 51.0 Å². The van der Waals surface area contributed by atoms with E-state index in [0.29, 0.717) is 11.5 Å². The van der Waals surface area contributed by atoms with Crippen molar-refractivity contribution in [1.29, 1.82) is 0 Å². The predicted octanol–water partition coefficient (Wildman–Crippen LogP) is 4.71. The van der Waals surface area contributed by atoms with E-state index in [1.165, 1.54) is 18.0 Å². The fourth-order valence-electron chi connectivity index (χ4n) is 2.73. The normalized spacial score (nSPS) is 10.5. The molecule has 0 saturated heterocycles. The van der Waals surface area contributed by atoms with Gasteiger partial charge in [-0.25, -0.2) is 9.97 Å². The van der Waals surface area contributed by atoms with Gasteiger partial charge in [0, 0.05) is 23.8 Å². The maximum absolute atomic E-state index is 12.4. The summed E-state index contributed by atoms with van der Waals surface area (Å²) in [5.41, 5.74) is 6.65. The first-order chi connectivity index (χ1) is 12.4. The van der Waals surface area contributed by atoms with Crippen LogP contribution in [0.1, 0.15) is 32.6 Å². The quantitative estimate of drug-likeness (QED) is 0.718. The molecule has 5 nitrogen and oxygen atoms in total. The molecule has 1 amide bonds. The van der Waals surface area contributed by atoms with E-state index in [9.17, 15) is 4.79 Å². The molecule has 3 aromatic rings. The summed E-state index contributed by atoms with van der Waals surface area (Å²) in [6, 6.07) is 12.0. The van der Waals surface area contributed by atoms with Crippen molar-refractivity contribution >= 4 is 23.2 Å². The van der Waals surface area contributed by atoms with Gasteiger partial charge < -0.3 is 10.6 Å². The molecule has 0 atom stereocenters. The summed E-state index contributed by atoms with van der Waals surface area (Å²) in [5, 5.41) is 6.08. The van der Waals surface area contributed by atoms with Crippen LogP contribution < -0.4 is 10.6 Å². The molecular weight excluding hydrogens is 324 g/mol. The smallest absolute Gasteiger partial charge is 0.258 e. The summed E-state index contributed by atoms with van der Waals surface area (Å²) in [6.07, 6.45) is 3.05. The topological polar surface area (TPSA) is 66.9 Å². The minimum absolute atomic E-state index is 0.227. The van der Waals surface area contributed by atoms with Crippen LogP contribution in [0.3, 0.4) is 0 Å². The molecule has 0 bridgehead atoms. The van der Waals surface area contributed by atoms with Gasteiger partial charge in [0.1, 0.15) is 0 Å². The van der Waals surface area contributed by atoms with Crippen molar-refractivity contribution in [3.05, 3.63) is 76.6 Å². The van der Waals surface area contributed by atoms with Crippen LogP contribution in [0.25, 0.3) is 0 Å². The summed E-state index contributed by atoms with van der Waals surface area (Å²) in [5.74, 6) is 0.232. The van der Waals surface area contributed by atoms with Crippen molar-refractivity contribution in [3.63, 3.8) is 0 Å². The van der Waals surface area contributed by atoms with Crippen molar-refractivity contribution in [1.82, 2.24) is 9.97 Å². The molecular formula is C21H22N4O. The highest BCUT2D eigenvalue weighted by molar-refractivity contribution is 6.04. The molecule has 0 aliphatic heterocycles. The molecule has 0 spiro atoms. The van der Waals surface area contributed by atoms with Gasteiger partial charge in [0.15, 0.2) is 0 Å². The van der Waals surface area contributed by atoms with E-state index in [-0.39, 0.29) is 5.91 Å². The van der Waals surface area contributed by atoms with Crippen molar-refractivity contribution in [2.45, 2.75) is 27.7 Å². The average molecular weight is 346 g/mol. The van der Waals surface area contributed by atoms with Crippen molar-refractivity contribution in [3.8, 4) is 0 Å². The molecule has 2 N–H and O–H groups in total. The van der Waals surface area contributed by atoms with Gasteiger partial charge in [0.25, 0.3) is 5.91 Å². The Balaban J connectivity index is 1.71. The minimum Gasteiger partial charge on any atom is -0.324 e. The first-order valence-corrected chi connectivity index (χ1v) is 8.47. The van der Waals surface area contributed by atoms with E-state index in [1.54, 1.807) is 0 Å². The first kappa shape index (κ1) is 17.6. The summed E-state index contributed by atoms with van der Waals surface area (Å²) in [6.45, 7) is 8.07. The predicted molar refractivity (Wildman–Crippen MR) is 105 cm³/mol. The Kier molecular flexibility index (Phi) is 4.98. The molecule has 5 heteroatoms. The van der Waals surface area contributed by atoms with Crippen LogP contribution >= 0.6 is 0 Å². The highest BCUT2D eigenvalue weighted by atomic mass is 16.1. The Morgan fingerprint density at radius 3 is 1.88 bits per heavy atom. The zero-order valence-electron chi connectivity index (χ0n) is 15.4. The molecule has 0 aliphatic rings. The number of anilines is 3. The lowest BCUT2D eigenvalue weighted by molar-refractivity contribution is 0.102. The molecule has 0 saturated carbocycles. The number of amides is 1. The Labute approximate surface area is 153 Å². The second-order valence-corrected chi connectivity index (χ2v) is 6.51. The average Bonchev–Trinajstić information content (AvgIpc) is 2.60. The van der Waals surface area contributed by atoms with Crippen LogP contribution in [0.5, 0.6) is 0 Å². The van der Waals surface area contributed by atoms with E-state index in [1.807, 2.05) is 51.1 Å². The lowest BCUT2D eigenvalue weighted by Crippen LogP contribution is -2.14. The van der Waals surface area contributed by atoms with Gasteiger partial charge >= 0.3 is 0 Å². The number of hydrogen-bond donors (Lipinski definition) is 2. The second-order valence-electron chi connectivity index (χ2n) is 6.51. The lowest BCUT2D eigenvalue weighted by Gasteiger charge is -2.10. The van der Waals surface area contributed by atoms with Gasteiger partial charge in [-0.3, -0.25) is 4.79 Å². The minimum atomic E-state index is -0.227. The van der Waals surface area contributed by atoms with Crippen LogP contribution in [-0.4, -0.2) is 15.9 Å². The standard InChI is InChI=1S/C21H22N4O/c1-13-5-7-18(15(3)9-13)24-20(26)17-11-22-21(23-12-17)25-19-8-6-14(2)10-16(19)4/h5-12H,1-4H3,(H,24,26)(H,22,23,25). The van der Waals surface area contributed by atoms with E-state index in [4.69, 9.17) is 0 Å². The molecule has 0 radical (unpaired) electrons. The SMILES string of the molecule is Cc1ccc(NC(=O)c2cnc(Nc3ccc(C)cc3C)nc2)c(C)c1. The van der Waals surface area contributed by atoms with Crippen LogP contribution in [0.4, 0.5) is 17.3 Å². The van der Waals surface area contributed by atoms with Crippen molar-refractivity contribution in [2.24, 2.45) is 0 Å². The molecule has 2 aromatic carbocycles. The third kappa shape index (κ3) is 4.06. The largest absolute Gasteiger partial charge is 0.324 e. The van der Waals surface area contributed by atoms with Crippen LogP contribution in [0.15, 0.2) is 48.8 Å². The third-order valence-corrected chi connectivity index (χ3v) is 4.17. The number of nitrogens with one attached hydrogen (secondary N) is 2. The molecule has 1 aromatic heterocycles. The van der Waals surface area contributed by atoms with E-state index < -0.39 is 0 Å². The molecule has 132 valence electrons. The zero-order chi connectivity index (χ0) is 18.7. The van der Waals surface area contributed by atoms with Gasteiger partial charge in [-0.15, -0.1) is 0 Å². The molecule has 1 heterocycles. The monoisotopic (exact) mass is 346 g/mol. The van der Waals surface area contributed by atoms with Crippen LogP contribution in [0.2, 0.25) is 0 Å². The van der Waals surface area contributed by atoms with Gasteiger partial charge in [-0.1, -0.05) is 35.4 Å². The van der Waals surface area contributed by atoms with E-state index >= 15 is 0 Å². The summed E-state index contributed by atoms with van der Waals surface area (Å²) >= 11 is 0. The second kappa shape index (κ2) is 7.35. The summed E-state index contributed by atoms with van der Waals surface area (Å²) in [7, 11) is 0. The Morgan fingerprint density at radius 1 is 0.808 bits per heavy atom. The van der Waals surface area contributed by atoms with Gasteiger partial charge in [0.2, 0.25) is 5.95 Å². The highest BCUT2D eigenvalue weighted by Crippen LogP contribution is 2.20. The summed E-state index contributed by atoms with van der Waals surface area (Å²) < 4.78 is 0. The number of hydrogen-bond acceptors (Lipinski definition) is 4. The van der Waals surface area contributed by atoms with Crippen molar-refractivity contribution in [2.75, 3.05) is 10.6 Å². The number of benzene rings is 2. The van der Waals surface area contributed by atoms with Crippen LogP contribution in [-0.2, 0) is 0 Å². The van der Waals surface area contributed by atoms with E-state index in [0.717, 1.165) is 28.1 Å². The number of carbonyl (C=O) groups excluding carboxylic acids is 1. The fourth-order valence-corrected chi connectivity index (χ4v) is 2.73. The maximum Gasteiger partial charge on any atom is 0.258 e. The van der Waals surface area contributed by atoms with Gasteiger partial charge in [0.05, 0.1) is 5.56 Å². The Bertz CT molecular complexity index is 949. The number of rotatable bonds is 4. The number of carbonyl (C=O) groups is 1. The van der Waals surface area contributed by atoms with Crippen LogP contribution in [0, 0.1) is 27.7 Å². The van der Waals surface area contributed by atoms with E-state index in [2.05, 4.69) is 33.6 Å². The highest BCUT2D eigenvalue weighted by Gasteiger charge is 2.10.